The molecule has 0 aliphatic carbocycles. The van der Waals surface area contributed by atoms with Crippen molar-refractivity contribution in [3.05, 3.63) is 77.9 Å². The van der Waals surface area contributed by atoms with Crippen LogP contribution in [0, 0.1) is 0 Å². The molecule has 0 spiro atoms. The molecule has 27 heavy (non-hydrogen) atoms. The Morgan fingerprint density at radius 3 is 2.48 bits per heavy atom. The molecule has 0 saturated carbocycles. The Morgan fingerprint density at radius 1 is 0.926 bits per heavy atom. The van der Waals surface area contributed by atoms with E-state index < -0.39 is 0 Å². The minimum Gasteiger partial charge on any atom is -0.493 e. The second kappa shape index (κ2) is 9.74. The van der Waals surface area contributed by atoms with Gasteiger partial charge in [-0.25, -0.2) is 0 Å². The van der Waals surface area contributed by atoms with Gasteiger partial charge in [0.15, 0.2) is 0 Å². The van der Waals surface area contributed by atoms with Gasteiger partial charge in [0.2, 0.25) is 5.91 Å². The Hall–Kier alpha value is -2.85. The van der Waals surface area contributed by atoms with Crippen LogP contribution in [0.5, 0.6) is 5.75 Å². The predicted molar refractivity (Wildman–Crippen MR) is 108 cm³/mol. The molecule has 0 fully saturated rings. The van der Waals surface area contributed by atoms with Crippen LogP contribution in [-0.2, 0) is 22.7 Å². The lowest BCUT2D eigenvalue weighted by atomic mass is 10.1. The molecule has 0 unspecified atom stereocenters. The fourth-order valence-electron chi connectivity index (χ4n) is 2.95. The van der Waals surface area contributed by atoms with Crippen molar-refractivity contribution in [1.29, 1.82) is 0 Å². The number of carbonyl (C=O) groups is 1. The topological polar surface area (TPSA) is 47.6 Å². The standard InChI is InChI=1S/C23H25NO3/c1-26-17-19-13-11-18(12-14-19)16-24-23(25)10-5-15-27-22-9-4-7-20-6-2-3-8-21(20)22/h2-4,6-9,11-14H,5,10,15-17H2,1H3,(H,24,25). The van der Waals surface area contributed by atoms with Gasteiger partial charge in [0.1, 0.15) is 5.75 Å². The second-order valence-electron chi connectivity index (χ2n) is 6.46. The first kappa shape index (κ1) is 18.9. The molecule has 0 bridgehead atoms. The van der Waals surface area contributed by atoms with E-state index in [2.05, 4.69) is 23.5 Å². The van der Waals surface area contributed by atoms with Crippen LogP contribution in [0.2, 0.25) is 0 Å². The summed E-state index contributed by atoms with van der Waals surface area (Å²) in [5.41, 5.74) is 2.20. The molecule has 0 saturated heterocycles. The summed E-state index contributed by atoms with van der Waals surface area (Å²) in [6, 6.07) is 22.2. The maximum Gasteiger partial charge on any atom is 0.220 e. The molecule has 0 aliphatic rings. The minimum absolute atomic E-state index is 0.0393. The summed E-state index contributed by atoms with van der Waals surface area (Å²) >= 11 is 0. The normalized spacial score (nSPS) is 10.7. The summed E-state index contributed by atoms with van der Waals surface area (Å²) in [5.74, 6) is 0.905. The summed E-state index contributed by atoms with van der Waals surface area (Å²) in [7, 11) is 1.68. The smallest absolute Gasteiger partial charge is 0.220 e. The first-order valence-corrected chi connectivity index (χ1v) is 9.20. The molecule has 3 aromatic rings. The van der Waals surface area contributed by atoms with Crippen LogP contribution in [0.15, 0.2) is 66.7 Å². The van der Waals surface area contributed by atoms with Crippen molar-refractivity contribution in [2.75, 3.05) is 13.7 Å². The maximum atomic E-state index is 12.0. The summed E-state index contributed by atoms with van der Waals surface area (Å²) in [6.07, 6.45) is 1.13. The summed E-state index contributed by atoms with van der Waals surface area (Å²) in [6.45, 7) is 1.66. The highest BCUT2D eigenvalue weighted by Gasteiger charge is 2.04. The fourth-order valence-corrected chi connectivity index (χ4v) is 2.95. The highest BCUT2D eigenvalue weighted by atomic mass is 16.5. The van der Waals surface area contributed by atoms with Crippen molar-refractivity contribution in [3.8, 4) is 5.75 Å². The molecule has 0 aromatic heterocycles. The summed E-state index contributed by atoms with van der Waals surface area (Å²) < 4.78 is 11.0. The van der Waals surface area contributed by atoms with E-state index in [1.807, 2.05) is 48.5 Å². The molecule has 0 aliphatic heterocycles. The molecule has 1 N–H and O–H groups in total. The SMILES string of the molecule is COCc1ccc(CNC(=O)CCCOc2cccc3ccccc23)cc1. The van der Waals surface area contributed by atoms with Gasteiger partial charge in [0.25, 0.3) is 0 Å². The van der Waals surface area contributed by atoms with Crippen LogP contribution in [-0.4, -0.2) is 19.6 Å². The van der Waals surface area contributed by atoms with E-state index in [0.717, 1.165) is 27.6 Å². The van der Waals surface area contributed by atoms with Crippen molar-refractivity contribution < 1.29 is 14.3 Å². The zero-order valence-electron chi connectivity index (χ0n) is 15.6. The Bertz CT molecular complexity index is 869. The predicted octanol–water partition coefficient (Wildman–Crippen LogP) is 4.46. The lowest BCUT2D eigenvalue weighted by Crippen LogP contribution is -2.23. The number of hydrogen-bond acceptors (Lipinski definition) is 3. The van der Waals surface area contributed by atoms with Crippen molar-refractivity contribution in [2.24, 2.45) is 0 Å². The lowest BCUT2D eigenvalue weighted by Gasteiger charge is -2.10. The molecule has 4 heteroatoms. The van der Waals surface area contributed by atoms with Crippen LogP contribution in [0.25, 0.3) is 10.8 Å². The third kappa shape index (κ3) is 5.56. The number of methoxy groups -OCH3 is 1. The fraction of sp³-hybridized carbons (Fsp3) is 0.261. The van der Waals surface area contributed by atoms with Gasteiger partial charge >= 0.3 is 0 Å². The Balaban J connectivity index is 1.39. The van der Waals surface area contributed by atoms with Gasteiger partial charge in [-0.05, 0) is 29.0 Å². The summed E-state index contributed by atoms with van der Waals surface area (Å²) in [4.78, 5) is 12.0. The Labute approximate surface area is 160 Å². The zero-order chi connectivity index (χ0) is 18.9. The van der Waals surface area contributed by atoms with Gasteiger partial charge in [-0.1, -0.05) is 60.7 Å². The monoisotopic (exact) mass is 363 g/mol. The number of amides is 1. The molecule has 0 atom stereocenters. The highest BCUT2D eigenvalue weighted by molar-refractivity contribution is 5.88. The van der Waals surface area contributed by atoms with Crippen LogP contribution < -0.4 is 10.1 Å². The quantitative estimate of drug-likeness (QED) is 0.571. The number of ether oxygens (including phenoxy) is 2. The van der Waals surface area contributed by atoms with Crippen molar-refractivity contribution in [2.45, 2.75) is 26.0 Å². The molecule has 4 nitrogen and oxygen atoms in total. The van der Waals surface area contributed by atoms with Crippen LogP contribution in [0.4, 0.5) is 0 Å². The van der Waals surface area contributed by atoms with Gasteiger partial charge in [0, 0.05) is 25.5 Å². The van der Waals surface area contributed by atoms with Gasteiger partial charge in [-0.15, -0.1) is 0 Å². The van der Waals surface area contributed by atoms with Crippen molar-refractivity contribution >= 4 is 16.7 Å². The molecule has 0 heterocycles. The molecule has 0 radical (unpaired) electrons. The van der Waals surface area contributed by atoms with E-state index in [4.69, 9.17) is 9.47 Å². The van der Waals surface area contributed by atoms with E-state index in [-0.39, 0.29) is 5.91 Å². The summed E-state index contributed by atoms with van der Waals surface area (Å²) in [5, 5.41) is 5.21. The number of benzene rings is 3. The van der Waals surface area contributed by atoms with Gasteiger partial charge < -0.3 is 14.8 Å². The van der Waals surface area contributed by atoms with E-state index in [1.165, 1.54) is 0 Å². The van der Waals surface area contributed by atoms with Crippen LogP contribution >= 0.6 is 0 Å². The van der Waals surface area contributed by atoms with E-state index in [0.29, 0.717) is 32.6 Å². The average molecular weight is 363 g/mol. The van der Waals surface area contributed by atoms with Gasteiger partial charge in [-0.2, -0.15) is 0 Å². The van der Waals surface area contributed by atoms with Gasteiger partial charge in [0.05, 0.1) is 13.2 Å². The van der Waals surface area contributed by atoms with Crippen LogP contribution in [0.1, 0.15) is 24.0 Å². The number of nitrogens with one attached hydrogen (secondary N) is 1. The number of carbonyl (C=O) groups excluding carboxylic acids is 1. The van der Waals surface area contributed by atoms with Crippen molar-refractivity contribution in [3.63, 3.8) is 0 Å². The largest absolute Gasteiger partial charge is 0.493 e. The number of fused-ring (bicyclic) bond motifs is 1. The maximum absolute atomic E-state index is 12.0. The number of hydrogen-bond donors (Lipinski definition) is 1. The zero-order valence-corrected chi connectivity index (χ0v) is 15.6. The molecule has 3 aromatic carbocycles. The molecule has 1 amide bonds. The molecule has 140 valence electrons. The Morgan fingerprint density at radius 2 is 1.67 bits per heavy atom. The third-order valence-electron chi connectivity index (χ3n) is 4.38. The van der Waals surface area contributed by atoms with E-state index in [9.17, 15) is 4.79 Å². The molecular formula is C23H25NO3. The number of rotatable bonds is 9. The molecular weight excluding hydrogens is 338 g/mol. The Kier molecular flexibility index (Phi) is 6.83. The third-order valence-corrected chi connectivity index (χ3v) is 4.38. The van der Waals surface area contributed by atoms with E-state index in [1.54, 1.807) is 7.11 Å². The van der Waals surface area contributed by atoms with E-state index >= 15 is 0 Å². The molecule has 3 rings (SSSR count). The first-order valence-electron chi connectivity index (χ1n) is 9.20. The highest BCUT2D eigenvalue weighted by Crippen LogP contribution is 2.25. The minimum atomic E-state index is 0.0393. The van der Waals surface area contributed by atoms with Gasteiger partial charge in [-0.3, -0.25) is 4.79 Å². The van der Waals surface area contributed by atoms with Crippen LogP contribution in [0.3, 0.4) is 0 Å². The first-order chi connectivity index (χ1) is 13.3. The second-order valence-corrected chi connectivity index (χ2v) is 6.46. The van der Waals surface area contributed by atoms with Crippen molar-refractivity contribution in [1.82, 2.24) is 5.32 Å². The average Bonchev–Trinajstić information content (AvgIpc) is 2.71. The lowest BCUT2D eigenvalue weighted by molar-refractivity contribution is -0.121.